The topological polar surface area (TPSA) is 255 Å². The van der Waals surface area contributed by atoms with Gasteiger partial charge in [-0.25, -0.2) is 33.6 Å². The molecule has 2 fully saturated rings. The van der Waals surface area contributed by atoms with E-state index in [2.05, 4.69) is 0 Å². The summed E-state index contributed by atoms with van der Waals surface area (Å²) in [5.41, 5.74) is -1.41. The van der Waals surface area contributed by atoms with Crippen LogP contribution in [0.25, 0.3) is 0 Å². The predicted molar refractivity (Wildman–Crippen MR) is 314 cm³/mol. The molecule has 0 aliphatic carbocycles. The lowest BCUT2D eigenvalue weighted by atomic mass is 9.97. The average molecular weight is 1210 g/mol. The molecule has 8 aromatic rings. The number of non-ortho nitro benzene ring substituents is 1. The Morgan fingerprint density at radius 2 is 0.693 bits per heavy atom. The molecular weight excluding hydrogens is 1150 g/mol. The molecule has 2 heterocycles. The van der Waals surface area contributed by atoms with Crippen LogP contribution >= 0.6 is 11.8 Å². The number of nitro groups is 1. The normalized spacial score (nSPS) is 21.2. The lowest BCUT2D eigenvalue weighted by Crippen LogP contribution is -2.64. The van der Waals surface area contributed by atoms with E-state index >= 15 is 0 Å². The van der Waals surface area contributed by atoms with Gasteiger partial charge in [-0.15, -0.1) is 11.8 Å². The second-order valence-corrected chi connectivity index (χ2v) is 21.0. The SMILES string of the molecule is O=C(OC[C@H]1S[C@@H](OC[C@H]2O[C@H](Oc3ccc([N+](=O)[O-])cc3)[C@H](OC(=O)c3ccccc3)[C@@H](OC(=O)c3ccccc3)[C@@H]2OC(=O)c2ccccc2)[C@H](OC(=O)c2ccccc2)[C@@H](OC(=O)c2ccccc2)[C@@H]1OC(=O)c1ccccc1)c1ccccc1. The summed E-state index contributed by atoms with van der Waals surface area (Å²) in [5.74, 6) is -6.55. The van der Waals surface area contributed by atoms with E-state index in [4.69, 9.17) is 47.4 Å². The molecular formula is C67H53NO19S. The smallest absolute Gasteiger partial charge is 0.338 e. The molecule has 20 nitrogen and oxygen atoms in total. The molecule has 10 atom stereocenters. The first kappa shape index (κ1) is 60.6. The van der Waals surface area contributed by atoms with Crippen molar-refractivity contribution in [2.75, 3.05) is 13.2 Å². The third-order valence-corrected chi connectivity index (χ3v) is 15.2. The zero-order valence-electron chi connectivity index (χ0n) is 46.3. The summed E-state index contributed by atoms with van der Waals surface area (Å²) < 4.78 is 63.7. The van der Waals surface area contributed by atoms with Crippen molar-refractivity contribution in [1.82, 2.24) is 0 Å². The highest BCUT2D eigenvalue weighted by Crippen LogP contribution is 2.41. The quantitative estimate of drug-likeness (QED) is 0.0280. The van der Waals surface area contributed by atoms with Gasteiger partial charge in [0.05, 0.1) is 55.7 Å². The maximum atomic E-state index is 14.5. The van der Waals surface area contributed by atoms with E-state index in [1.807, 2.05) is 0 Å². The van der Waals surface area contributed by atoms with Gasteiger partial charge in [-0.1, -0.05) is 127 Å². The van der Waals surface area contributed by atoms with Crippen LogP contribution in [0.5, 0.6) is 5.75 Å². The minimum atomic E-state index is -1.85. The minimum Gasteiger partial charge on any atom is -0.461 e. The van der Waals surface area contributed by atoms with Gasteiger partial charge in [0.15, 0.2) is 30.5 Å². The Hall–Kier alpha value is -10.5. The van der Waals surface area contributed by atoms with Crippen molar-refractivity contribution in [1.29, 1.82) is 0 Å². The van der Waals surface area contributed by atoms with Gasteiger partial charge in [0.2, 0.25) is 12.4 Å². The monoisotopic (exact) mass is 1210 g/mol. The molecule has 0 radical (unpaired) electrons. The first-order chi connectivity index (χ1) is 42.9. The second kappa shape index (κ2) is 29.1. The highest BCUT2D eigenvalue weighted by molar-refractivity contribution is 8.00. The van der Waals surface area contributed by atoms with Crippen LogP contribution in [0.1, 0.15) is 72.5 Å². The lowest BCUT2D eigenvalue weighted by Gasteiger charge is -2.46. The third kappa shape index (κ3) is 15.3. The Morgan fingerprint density at radius 3 is 1.07 bits per heavy atom. The van der Waals surface area contributed by atoms with Crippen LogP contribution in [0.3, 0.4) is 0 Å². The maximum absolute atomic E-state index is 14.5. The molecule has 0 aromatic heterocycles. The lowest BCUT2D eigenvalue weighted by molar-refractivity contribution is -0.384. The van der Waals surface area contributed by atoms with Gasteiger partial charge >= 0.3 is 41.8 Å². The molecule has 0 N–H and O–H groups in total. The summed E-state index contributed by atoms with van der Waals surface area (Å²) in [6.45, 7) is -1.29. The van der Waals surface area contributed by atoms with Gasteiger partial charge in [0, 0.05) is 12.1 Å². The van der Waals surface area contributed by atoms with Gasteiger partial charge in [0.1, 0.15) is 23.9 Å². The Morgan fingerprint density at radius 1 is 0.375 bits per heavy atom. The summed E-state index contributed by atoms with van der Waals surface area (Å²) in [6, 6.07) is 59.5. The number of hydrogen-bond donors (Lipinski definition) is 0. The molecule has 2 aliphatic rings. The van der Waals surface area contributed by atoms with Crippen molar-refractivity contribution in [3.05, 3.63) is 286 Å². The fourth-order valence-electron chi connectivity index (χ4n) is 9.44. The van der Waals surface area contributed by atoms with E-state index in [9.17, 15) is 43.7 Å². The van der Waals surface area contributed by atoms with Gasteiger partial charge in [-0.2, -0.15) is 0 Å². The summed E-state index contributed by atoms with van der Waals surface area (Å²) in [5, 5.41) is 10.6. The third-order valence-electron chi connectivity index (χ3n) is 13.8. The number of carbonyl (C=O) groups excluding carboxylic acids is 7. The molecule has 2 aliphatic heterocycles. The summed E-state index contributed by atoms with van der Waals surface area (Å²) >= 11 is 0.859. The molecule has 0 unspecified atom stereocenters. The van der Waals surface area contributed by atoms with Gasteiger partial charge in [-0.3, -0.25) is 10.1 Å². The molecule has 0 bridgehead atoms. The number of nitro benzene ring substituents is 1. The van der Waals surface area contributed by atoms with Crippen LogP contribution in [0.2, 0.25) is 0 Å². The Balaban J connectivity index is 1.09. The first-order valence-corrected chi connectivity index (χ1v) is 28.4. The number of nitrogens with zero attached hydrogens (tertiary/aromatic N) is 1. The number of benzene rings is 8. The highest BCUT2D eigenvalue weighted by atomic mass is 32.2. The Kier molecular flexibility index (Phi) is 20.0. The Bertz CT molecular complexity index is 3690. The average Bonchev–Trinajstić information content (AvgIpc) is 1.24. The predicted octanol–water partition coefficient (Wildman–Crippen LogP) is 10.4. The van der Waals surface area contributed by atoms with Crippen LogP contribution in [-0.4, -0.2) is 120 Å². The van der Waals surface area contributed by atoms with E-state index in [-0.39, 0.29) is 50.4 Å². The molecule has 8 aromatic carbocycles. The van der Waals surface area contributed by atoms with E-state index in [1.165, 1.54) is 97.1 Å². The molecule has 21 heteroatoms. The van der Waals surface area contributed by atoms with Gasteiger partial charge in [-0.05, 0) is 97.1 Å². The van der Waals surface area contributed by atoms with Crippen LogP contribution in [0, 0.1) is 10.1 Å². The molecule has 446 valence electrons. The standard InChI is InChI=1S/C67H53NO19S/c69-59(42-22-8-1-9-23-42)78-41-52-54(83-61(71)44-26-12-3-13-27-44)56(85-63(73)46-30-16-5-17-31-46)58(87-65(75)48-34-20-7-21-35-48)67(88-52)79-40-51-53(82-60(70)43-24-10-2-11-25-43)55(84-62(72)45-28-14-4-15-29-45)57(86-64(74)47-32-18-6-19-33-47)66(81-51)80-50-38-36-49(37-39-50)68(76)77/h1-39,51-58,66-67H,40-41H2/t51-,52-,53-,54-,55+,56+,57-,58-,66+,67-/m1/s1. The number of ether oxygens (including phenoxy) is 10. The number of esters is 7. The molecule has 10 rings (SSSR count). The number of rotatable bonds is 21. The van der Waals surface area contributed by atoms with E-state index < -0.39 is 120 Å². The van der Waals surface area contributed by atoms with Crippen molar-refractivity contribution < 1.29 is 85.9 Å². The van der Waals surface area contributed by atoms with Gasteiger partial charge in [0.25, 0.3) is 5.69 Å². The minimum absolute atomic E-state index is 0.0233. The van der Waals surface area contributed by atoms with Crippen molar-refractivity contribution in [3.63, 3.8) is 0 Å². The van der Waals surface area contributed by atoms with E-state index in [0.29, 0.717) is 0 Å². The van der Waals surface area contributed by atoms with Crippen LogP contribution in [-0.2, 0) is 42.6 Å². The zero-order chi connectivity index (χ0) is 61.4. The van der Waals surface area contributed by atoms with Gasteiger partial charge < -0.3 is 47.4 Å². The summed E-state index contributed by atoms with van der Waals surface area (Å²) in [4.78, 5) is 111. The van der Waals surface area contributed by atoms with Crippen molar-refractivity contribution in [3.8, 4) is 5.75 Å². The van der Waals surface area contributed by atoms with E-state index in [1.54, 1.807) is 127 Å². The first-order valence-electron chi connectivity index (χ1n) is 27.5. The van der Waals surface area contributed by atoms with Crippen LogP contribution in [0.4, 0.5) is 5.69 Å². The molecule has 0 spiro atoms. The fourth-order valence-corrected chi connectivity index (χ4v) is 10.8. The van der Waals surface area contributed by atoms with Crippen molar-refractivity contribution >= 4 is 59.2 Å². The molecule has 0 saturated carbocycles. The Labute approximate surface area is 507 Å². The number of hydrogen-bond acceptors (Lipinski definition) is 20. The summed E-state index contributed by atoms with van der Waals surface area (Å²) in [6.07, 6.45) is -14.1. The summed E-state index contributed by atoms with van der Waals surface area (Å²) in [7, 11) is 0. The zero-order valence-corrected chi connectivity index (χ0v) is 47.1. The number of carbonyl (C=O) groups is 7. The second-order valence-electron chi connectivity index (χ2n) is 19.7. The van der Waals surface area contributed by atoms with Crippen LogP contribution in [0.15, 0.2) is 237 Å². The van der Waals surface area contributed by atoms with Crippen LogP contribution < -0.4 is 4.74 Å². The fraction of sp³-hybridized carbons (Fsp3) is 0.179. The largest absolute Gasteiger partial charge is 0.461 e. The number of thioether (sulfide) groups is 1. The molecule has 88 heavy (non-hydrogen) atoms. The molecule has 2 saturated heterocycles. The van der Waals surface area contributed by atoms with E-state index in [0.717, 1.165) is 23.9 Å². The van der Waals surface area contributed by atoms with Crippen molar-refractivity contribution in [2.24, 2.45) is 0 Å². The maximum Gasteiger partial charge on any atom is 0.338 e. The highest BCUT2D eigenvalue weighted by Gasteiger charge is 2.57. The van der Waals surface area contributed by atoms with Crippen molar-refractivity contribution in [2.45, 2.75) is 59.7 Å². The molecule has 0 amide bonds.